The highest BCUT2D eigenvalue weighted by Gasteiger charge is 2.27. The monoisotopic (exact) mass is 309 g/mol. The van der Waals surface area contributed by atoms with Crippen LogP contribution in [0.5, 0.6) is 0 Å². The summed E-state index contributed by atoms with van der Waals surface area (Å²) in [6.45, 7) is 6.77. The summed E-state index contributed by atoms with van der Waals surface area (Å²) >= 11 is 0. The first-order valence-corrected chi connectivity index (χ1v) is 8.13. The van der Waals surface area contributed by atoms with Crippen LogP contribution in [0.25, 0.3) is 0 Å². The quantitative estimate of drug-likeness (QED) is 0.874. The van der Waals surface area contributed by atoms with Crippen LogP contribution in [-0.2, 0) is 11.2 Å². The summed E-state index contributed by atoms with van der Waals surface area (Å²) in [4.78, 5) is 20.9. The smallest absolute Gasteiger partial charge is 0.227 e. The van der Waals surface area contributed by atoms with Crippen molar-refractivity contribution in [3.8, 4) is 0 Å². The van der Waals surface area contributed by atoms with Crippen molar-refractivity contribution in [1.82, 2.24) is 9.88 Å². The number of hydrogen-bond donors (Lipinski definition) is 0. The molecule has 4 heteroatoms. The Bertz CT molecular complexity index is 654. The molecule has 2 aromatic rings. The predicted octanol–water partition coefficient (Wildman–Crippen LogP) is 2.67. The van der Waals surface area contributed by atoms with Crippen LogP contribution in [0.2, 0.25) is 0 Å². The Hall–Kier alpha value is -2.36. The summed E-state index contributed by atoms with van der Waals surface area (Å²) in [5, 5.41) is 0. The van der Waals surface area contributed by atoms with Crippen LogP contribution in [0.1, 0.15) is 18.1 Å². The van der Waals surface area contributed by atoms with Gasteiger partial charge in [0.15, 0.2) is 0 Å². The Morgan fingerprint density at radius 1 is 1.13 bits per heavy atom. The Morgan fingerprint density at radius 3 is 2.48 bits per heavy atom. The second kappa shape index (κ2) is 6.82. The maximum absolute atomic E-state index is 12.6. The first kappa shape index (κ1) is 15.5. The van der Waals surface area contributed by atoms with Gasteiger partial charge in [-0.05, 0) is 43.7 Å². The number of carbonyl (C=O) groups is 1. The van der Waals surface area contributed by atoms with E-state index in [1.165, 1.54) is 11.3 Å². The molecule has 3 rings (SSSR count). The highest BCUT2D eigenvalue weighted by molar-refractivity contribution is 5.79. The fourth-order valence-electron chi connectivity index (χ4n) is 3.10. The van der Waals surface area contributed by atoms with E-state index in [0.717, 1.165) is 25.2 Å². The number of anilines is 1. The molecule has 1 aliphatic heterocycles. The Morgan fingerprint density at radius 2 is 1.83 bits per heavy atom. The number of amides is 1. The van der Waals surface area contributed by atoms with Crippen molar-refractivity contribution in [1.29, 1.82) is 0 Å². The first-order valence-electron chi connectivity index (χ1n) is 8.13. The molecule has 0 bridgehead atoms. The predicted molar refractivity (Wildman–Crippen MR) is 92.5 cm³/mol. The molecule has 1 amide bonds. The fourth-order valence-corrected chi connectivity index (χ4v) is 3.10. The summed E-state index contributed by atoms with van der Waals surface area (Å²) in [5.74, 6) is 0.201. The molecule has 23 heavy (non-hydrogen) atoms. The average molecular weight is 309 g/mol. The number of nitrogens with zero attached hydrogens (tertiary/aromatic N) is 3. The fraction of sp³-hybridized carbons (Fsp3) is 0.368. The zero-order valence-electron chi connectivity index (χ0n) is 13.8. The first-order chi connectivity index (χ1) is 11.1. The van der Waals surface area contributed by atoms with E-state index in [-0.39, 0.29) is 11.9 Å². The number of aromatic nitrogens is 1. The minimum atomic E-state index is 0.201. The van der Waals surface area contributed by atoms with Crippen LogP contribution in [0, 0.1) is 6.92 Å². The topological polar surface area (TPSA) is 36.4 Å². The number of hydrogen-bond acceptors (Lipinski definition) is 3. The molecule has 0 aliphatic carbocycles. The van der Waals surface area contributed by atoms with Crippen LogP contribution in [-0.4, -0.2) is 41.5 Å². The third kappa shape index (κ3) is 3.70. The van der Waals surface area contributed by atoms with Crippen molar-refractivity contribution >= 4 is 11.6 Å². The number of rotatable bonds is 3. The normalized spacial score (nSPS) is 18.1. The minimum absolute atomic E-state index is 0.201. The van der Waals surface area contributed by atoms with Gasteiger partial charge in [0.05, 0.1) is 6.42 Å². The molecule has 1 aliphatic rings. The Balaban J connectivity index is 1.62. The van der Waals surface area contributed by atoms with Crippen molar-refractivity contribution < 1.29 is 4.79 Å². The molecule has 1 atom stereocenters. The maximum Gasteiger partial charge on any atom is 0.227 e. The van der Waals surface area contributed by atoms with Crippen molar-refractivity contribution in [3.63, 3.8) is 0 Å². The number of benzene rings is 1. The van der Waals surface area contributed by atoms with Gasteiger partial charge in [-0.1, -0.05) is 17.7 Å². The third-order valence-corrected chi connectivity index (χ3v) is 4.45. The van der Waals surface area contributed by atoms with Crippen molar-refractivity contribution in [3.05, 3.63) is 59.9 Å². The lowest BCUT2D eigenvalue weighted by molar-refractivity contribution is -0.132. The summed E-state index contributed by atoms with van der Waals surface area (Å²) in [7, 11) is 0. The van der Waals surface area contributed by atoms with E-state index in [2.05, 4.69) is 48.0 Å². The molecule has 0 unspecified atom stereocenters. The van der Waals surface area contributed by atoms with Crippen LogP contribution >= 0.6 is 0 Å². The molecular weight excluding hydrogens is 286 g/mol. The largest absolute Gasteiger partial charge is 0.368 e. The molecule has 1 aromatic carbocycles. The minimum Gasteiger partial charge on any atom is -0.368 e. The number of piperazine rings is 1. The van der Waals surface area contributed by atoms with Crippen LogP contribution in [0.3, 0.4) is 0 Å². The third-order valence-electron chi connectivity index (χ3n) is 4.45. The molecule has 2 heterocycles. The van der Waals surface area contributed by atoms with E-state index in [0.29, 0.717) is 6.42 Å². The second-order valence-electron chi connectivity index (χ2n) is 6.25. The molecule has 1 aromatic heterocycles. The van der Waals surface area contributed by atoms with Crippen molar-refractivity contribution in [2.45, 2.75) is 26.3 Å². The Kier molecular flexibility index (Phi) is 4.60. The summed E-state index contributed by atoms with van der Waals surface area (Å²) < 4.78 is 0. The lowest BCUT2D eigenvalue weighted by Crippen LogP contribution is -2.54. The summed E-state index contributed by atoms with van der Waals surface area (Å²) in [6, 6.07) is 12.6. The van der Waals surface area contributed by atoms with Gasteiger partial charge in [0.2, 0.25) is 5.91 Å². The number of carbonyl (C=O) groups excluding carboxylic acids is 1. The van der Waals surface area contributed by atoms with E-state index in [1.54, 1.807) is 12.4 Å². The van der Waals surface area contributed by atoms with Crippen molar-refractivity contribution in [2.75, 3.05) is 24.5 Å². The van der Waals surface area contributed by atoms with Crippen molar-refractivity contribution in [2.24, 2.45) is 0 Å². The SMILES string of the molecule is Cc1ccc(N2CCN(C(=O)Cc3ccncc3)[C@H](C)C2)cc1. The van der Waals surface area contributed by atoms with Gasteiger partial charge in [-0.3, -0.25) is 9.78 Å². The lowest BCUT2D eigenvalue weighted by Gasteiger charge is -2.41. The molecule has 1 saturated heterocycles. The number of pyridine rings is 1. The van der Waals surface area contributed by atoms with E-state index < -0.39 is 0 Å². The highest BCUT2D eigenvalue weighted by Crippen LogP contribution is 2.20. The van der Waals surface area contributed by atoms with Gasteiger partial charge in [0, 0.05) is 43.8 Å². The van der Waals surface area contributed by atoms with Crippen LogP contribution in [0.4, 0.5) is 5.69 Å². The highest BCUT2D eigenvalue weighted by atomic mass is 16.2. The second-order valence-corrected chi connectivity index (χ2v) is 6.25. The maximum atomic E-state index is 12.6. The van der Waals surface area contributed by atoms with Gasteiger partial charge in [0.1, 0.15) is 0 Å². The van der Waals surface area contributed by atoms with Gasteiger partial charge in [0.25, 0.3) is 0 Å². The van der Waals surface area contributed by atoms with Crippen LogP contribution in [0.15, 0.2) is 48.8 Å². The zero-order valence-corrected chi connectivity index (χ0v) is 13.8. The van der Waals surface area contributed by atoms with Gasteiger partial charge in [-0.2, -0.15) is 0 Å². The zero-order chi connectivity index (χ0) is 16.2. The van der Waals surface area contributed by atoms with E-state index in [1.807, 2.05) is 17.0 Å². The van der Waals surface area contributed by atoms with Gasteiger partial charge in [-0.15, -0.1) is 0 Å². The molecule has 0 spiro atoms. The average Bonchev–Trinajstić information content (AvgIpc) is 2.56. The molecule has 0 saturated carbocycles. The van der Waals surface area contributed by atoms with Gasteiger partial charge < -0.3 is 9.80 Å². The number of aryl methyl sites for hydroxylation is 1. The van der Waals surface area contributed by atoms with E-state index >= 15 is 0 Å². The molecule has 4 nitrogen and oxygen atoms in total. The van der Waals surface area contributed by atoms with Gasteiger partial charge in [-0.25, -0.2) is 0 Å². The molecule has 0 N–H and O–H groups in total. The molecule has 0 radical (unpaired) electrons. The van der Waals surface area contributed by atoms with E-state index in [9.17, 15) is 4.79 Å². The summed E-state index contributed by atoms with van der Waals surface area (Å²) in [6.07, 6.45) is 3.93. The standard InChI is InChI=1S/C19H23N3O/c1-15-3-5-18(6-4-15)21-11-12-22(16(2)14-21)19(23)13-17-7-9-20-10-8-17/h3-10,16H,11-14H2,1-2H3/t16-/m1/s1. The molecule has 120 valence electrons. The lowest BCUT2D eigenvalue weighted by atomic mass is 10.1. The molecular formula is C19H23N3O. The van der Waals surface area contributed by atoms with E-state index in [4.69, 9.17) is 0 Å². The van der Waals surface area contributed by atoms with Crippen LogP contribution < -0.4 is 4.90 Å². The Labute approximate surface area is 137 Å². The molecule has 1 fully saturated rings. The van der Waals surface area contributed by atoms with Gasteiger partial charge >= 0.3 is 0 Å². The summed E-state index contributed by atoms with van der Waals surface area (Å²) in [5.41, 5.74) is 3.54.